The highest BCUT2D eigenvalue weighted by atomic mass is 16.5. The van der Waals surface area contributed by atoms with Gasteiger partial charge in [-0.2, -0.15) is 0 Å². The van der Waals surface area contributed by atoms with Gasteiger partial charge in [0.1, 0.15) is 5.75 Å². The van der Waals surface area contributed by atoms with Crippen LogP contribution in [0.5, 0.6) is 5.75 Å². The van der Waals surface area contributed by atoms with Crippen LogP contribution >= 0.6 is 0 Å². The Bertz CT molecular complexity index is 453. The molecule has 0 radical (unpaired) electrons. The zero-order valence-corrected chi connectivity index (χ0v) is 11.5. The molecule has 0 unspecified atom stereocenters. The first-order valence-corrected chi connectivity index (χ1v) is 6.77. The number of benzene rings is 1. The molecule has 1 aliphatic carbocycles. The smallest absolute Gasteiger partial charge is 0.223 e. The van der Waals surface area contributed by atoms with E-state index in [1.165, 1.54) is 0 Å². The van der Waals surface area contributed by atoms with Crippen molar-refractivity contribution in [2.45, 2.75) is 45.3 Å². The number of carbonyl (C=O) groups is 1. The molecule has 0 heterocycles. The van der Waals surface area contributed by atoms with Crippen molar-refractivity contribution in [1.82, 2.24) is 5.32 Å². The second-order valence-corrected chi connectivity index (χ2v) is 5.16. The normalized spacial score (nSPS) is 15.9. The molecule has 2 N–H and O–H groups in total. The number of amides is 1. The third-order valence-corrected chi connectivity index (χ3v) is 3.15. The van der Waals surface area contributed by atoms with Crippen LogP contribution < -0.4 is 10.1 Å². The molecule has 1 fully saturated rings. The number of hydrogen-bond donors (Lipinski definition) is 2. The maximum absolute atomic E-state index is 11.5. The Hall–Kier alpha value is -1.55. The van der Waals surface area contributed by atoms with Gasteiger partial charge in [0.05, 0.1) is 19.1 Å². The number of aliphatic hydroxyl groups excluding tert-OH is 1. The summed E-state index contributed by atoms with van der Waals surface area (Å²) < 4.78 is 5.63. The van der Waals surface area contributed by atoms with Gasteiger partial charge >= 0.3 is 0 Å². The van der Waals surface area contributed by atoms with Crippen molar-refractivity contribution >= 4 is 5.91 Å². The number of carbonyl (C=O) groups excluding carboxylic acids is 1. The van der Waals surface area contributed by atoms with Crippen molar-refractivity contribution in [2.24, 2.45) is 0 Å². The fraction of sp³-hybridized carbons (Fsp3) is 0.533. The van der Waals surface area contributed by atoms with E-state index < -0.39 is 6.10 Å². The molecule has 1 amide bonds. The molecule has 2 rings (SSSR count). The average molecular weight is 263 g/mol. The van der Waals surface area contributed by atoms with E-state index in [4.69, 9.17) is 4.74 Å². The van der Waals surface area contributed by atoms with E-state index in [1.807, 2.05) is 25.1 Å². The van der Waals surface area contributed by atoms with Crippen molar-refractivity contribution in [3.05, 3.63) is 29.3 Å². The molecule has 0 aliphatic heterocycles. The maximum atomic E-state index is 11.5. The number of aliphatic hydroxyl groups is 1. The van der Waals surface area contributed by atoms with E-state index >= 15 is 0 Å². The Balaban J connectivity index is 1.87. The van der Waals surface area contributed by atoms with Crippen LogP contribution in [0.25, 0.3) is 0 Å². The van der Waals surface area contributed by atoms with Crippen LogP contribution in [0.2, 0.25) is 0 Å². The summed E-state index contributed by atoms with van der Waals surface area (Å²) >= 11 is 0. The third kappa shape index (κ3) is 4.24. The van der Waals surface area contributed by atoms with Crippen molar-refractivity contribution in [3.8, 4) is 5.75 Å². The Kier molecular flexibility index (Phi) is 4.43. The Morgan fingerprint density at radius 1 is 1.53 bits per heavy atom. The first kappa shape index (κ1) is 13.9. The van der Waals surface area contributed by atoms with Gasteiger partial charge in [-0.3, -0.25) is 4.79 Å². The minimum Gasteiger partial charge on any atom is -0.493 e. The van der Waals surface area contributed by atoms with Gasteiger partial charge in [0, 0.05) is 11.6 Å². The lowest BCUT2D eigenvalue weighted by Gasteiger charge is -2.14. The SMILES string of the molecule is Cc1ccc([C@@H](C)O)c(OCCC(=O)NC2CC2)c1. The van der Waals surface area contributed by atoms with Crippen LogP contribution in [0.1, 0.15) is 43.4 Å². The lowest BCUT2D eigenvalue weighted by atomic mass is 10.1. The highest BCUT2D eigenvalue weighted by molar-refractivity contribution is 5.76. The molecule has 1 aliphatic rings. The van der Waals surface area contributed by atoms with Crippen LogP contribution in [0.15, 0.2) is 18.2 Å². The highest BCUT2D eigenvalue weighted by Crippen LogP contribution is 2.26. The lowest BCUT2D eigenvalue weighted by Crippen LogP contribution is -2.26. The maximum Gasteiger partial charge on any atom is 0.223 e. The van der Waals surface area contributed by atoms with Crippen LogP contribution in [0, 0.1) is 6.92 Å². The Morgan fingerprint density at radius 2 is 2.26 bits per heavy atom. The zero-order valence-electron chi connectivity index (χ0n) is 11.5. The first-order chi connectivity index (χ1) is 9.06. The third-order valence-electron chi connectivity index (χ3n) is 3.15. The minimum atomic E-state index is -0.573. The van der Waals surface area contributed by atoms with Gasteiger partial charge in [0.2, 0.25) is 5.91 Å². The number of aryl methyl sites for hydroxylation is 1. The molecule has 0 bridgehead atoms. The topological polar surface area (TPSA) is 58.6 Å². The van der Waals surface area contributed by atoms with E-state index in [-0.39, 0.29) is 5.91 Å². The molecular weight excluding hydrogens is 242 g/mol. The van der Waals surface area contributed by atoms with Crippen molar-refractivity contribution < 1.29 is 14.6 Å². The Morgan fingerprint density at radius 3 is 2.89 bits per heavy atom. The van der Waals surface area contributed by atoms with Gasteiger partial charge in [0.25, 0.3) is 0 Å². The summed E-state index contributed by atoms with van der Waals surface area (Å²) in [4.78, 5) is 11.5. The van der Waals surface area contributed by atoms with E-state index in [9.17, 15) is 9.90 Å². The summed E-state index contributed by atoms with van der Waals surface area (Å²) in [6.45, 7) is 4.01. The van der Waals surface area contributed by atoms with Gasteiger partial charge in [-0.25, -0.2) is 0 Å². The van der Waals surface area contributed by atoms with Crippen LogP contribution in [-0.4, -0.2) is 23.7 Å². The second kappa shape index (κ2) is 6.06. The molecule has 19 heavy (non-hydrogen) atoms. The van der Waals surface area contributed by atoms with E-state index in [0.29, 0.717) is 24.8 Å². The number of ether oxygens (including phenoxy) is 1. The number of rotatable bonds is 6. The highest BCUT2D eigenvalue weighted by Gasteiger charge is 2.22. The van der Waals surface area contributed by atoms with Crippen molar-refractivity contribution in [1.29, 1.82) is 0 Å². The van der Waals surface area contributed by atoms with Crippen LogP contribution in [-0.2, 0) is 4.79 Å². The van der Waals surface area contributed by atoms with E-state index in [0.717, 1.165) is 24.0 Å². The van der Waals surface area contributed by atoms with Crippen molar-refractivity contribution in [3.63, 3.8) is 0 Å². The fourth-order valence-electron chi connectivity index (χ4n) is 1.89. The van der Waals surface area contributed by atoms with Gasteiger partial charge < -0.3 is 15.2 Å². The quantitative estimate of drug-likeness (QED) is 0.826. The molecule has 104 valence electrons. The molecule has 4 heteroatoms. The second-order valence-electron chi connectivity index (χ2n) is 5.16. The predicted molar refractivity (Wildman–Crippen MR) is 73.1 cm³/mol. The largest absolute Gasteiger partial charge is 0.493 e. The molecule has 4 nitrogen and oxygen atoms in total. The summed E-state index contributed by atoms with van der Waals surface area (Å²) in [6, 6.07) is 6.08. The Labute approximate surface area is 113 Å². The molecule has 1 saturated carbocycles. The zero-order chi connectivity index (χ0) is 13.8. The number of hydrogen-bond acceptors (Lipinski definition) is 3. The molecule has 1 aromatic carbocycles. The van der Waals surface area contributed by atoms with Crippen LogP contribution in [0.4, 0.5) is 0 Å². The molecule has 1 atom stereocenters. The van der Waals surface area contributed by atoms with E-state index in [2.05, 4.69) is 5.32 Å². The summed E-state index contributed by atoms with van der Waals surface area (Å²) in [5, 5.41) is 12.6. The standard InChI is InChI=1S/C15H21NO3/c1-10-3-6-13(11(2)17)14(9-10)19-8-7-15(18)16-12-4-5-12/h3,6,9,11-12,17H,4-5,7-8H2,1-2H3,(H,16,18)/t11-/m1/s1. The van der Waals surface area contributed by atoms with Gasteiger partial charge in [-0.15, -0.1) is 0 Å². The van der Waals surface area contributed by atoms with Gasteiger partial charge in [0.15, 0.2) is 0 Å². The summed E-state index contributed by atoms with van der Waals surface area (Å²) in [5.41, 5.74) is 1.83. The van der Waals surface area contributed by atoms with Gasteiger partial charge in [-0.1, -0.05) is 12.1 Å². The molecular formula is C15H21NO3. The van der Waals surface area contributed by atoms with Gasteiger partial charge in [-0.05, 0) is 38.3 Å². The fourth-order valence-corrected chi connectivity index (χ4v) is 1.89. The minimum absolute atomic E-state index is 0.0359. The molecule has 0 aromatic heterocycles. The molecule has 0 saturated heterocycles. The molecule has 0 spiro atoms. The predicted octanol–water partition coefficient (Wildman–Crippen LogP) is 2.10. The van der Waals surface area contributed by atoms with Crippen molar-refractivity contribution in [2.75, 3.05) is 6.61 Å². The number of nitrogens with one attached hydrogen (secondary N) is 1. The summed E-state index contributed by atoms with van der Waals surface area (Å²) in [7, 11) is 0. The van der Waals surface area contributed by atoms with E-state index in [1.54, 1.807) is 6.92 Å². The van der Waals surface area contributed by atoms with Crippen LogP contribution in [0.3, 0.4) is 0 Å². The lowest BCUT2D eigenvalue weighted by molar-refractivity contribution is -0.121. The summed E-state index contributed by atoms with van der Waals surface area (Å²) in [6.07, 6.45) is 1.97. The first-order valence-electron chi connectivity index (χ1n) is 6.77. The molecule has 1 aromatic rings. The monoisotopic (exact) mass is 263 g/mol. The summed E-state index contributed by atoms with van der Waals surface area (Å²) in [5.74, 6) is 0.697. The average Bonchev–Trinajstić information content (AvgIpc) is 3.12.